The molecular formula is C17H22ClNO4. The Hall–Kier alpha value is -1.75. The highest BCUT2D eigenvalue weighted by molar-refractivity contribution is 6.31. The predicted molar refractivity (Wildman–Crippen MR) is 87.7 cm³/mol. The summed E-state index contributed by atoms with van der Waals surface area (Å²) in [6.07, 6.45) is 4.33. The van der Waals surface area contributed by atoms with Gasteiger partial charge in [0.25, 0.3) is 5.91 Å². The lowest BCUT2D eigenvalue weighted by Gasteiger charge is -2.19. The Balaban J connectivity index is 1.71. The second-order valence-corrected chi connectivity index (χ2v) is 6.06. The second-order valence-electron chi connectivity index (χ2n) is 5.66. The fourth-order valence-electron chi connectivity index (χ4n) is 2.44. The lowest BCUT2D eigenvalue weighted by Crippen LogP contribution is -2.35. The molecule has 1 aromatic rings. The maximum absolute atomic E-state index is 12.0. The highest BCUT2D eigenvalue weighted by Gasteiger charge is 2.17. The molecule has 0 N–H and O–H groups in total. The van der Waals surface area contributed by atoms with Crippen molar-refractivity contribution in [3.63, 3.8) is 0 Å². The molecular weight excluding hydrogens is 318 g/mol. The number of likely N-dealkylation sites (tertiary alicyclic amines) is 1. The smallest absolute Gasteiger partial charge is 0.344 e. The van der Waals surface area contributed by atoms with Crippen LogP contribution in [0.15, 0.2) is 18.2 Å². The van der Waals surface area contributed by atoms with Gasteiger partial charge in [-0.15, -0.1) is 0 Å². The van der Waals surface area contributed by atoms with E-state index in [4.69, 9.17) is 21.1 Å². The summed E-state index contributed by atoms with van der Waals surface area (Å²) in [5, 5.41) is 0.642. The summed E-state index contributed by atoms with van der Waals surface area (Å²) < 4.78 is 10.3. The summed E-state index contributed by atoms with van der Waals surface area (Å²) in [4.78, 5) is 25.5. The summed E-state index contributed by atoms with van der Waals surface area (Å²) in [7, 11) is 0. The van der Waals surface area contributed by atoms with Gasteiger partial charge in [-0.25, -0.2) is 4.79 Å². The first-order chi connectivity index (χ1) is 11.1. The van der Waals surface area contributed by atoms with Gasteiger partial charge < -0.3 is 14.4 Å². The Morgan fingerprint density at radius 3 is 2.48 bits per heavy atom. The highest BCUT2D eigenvalue weighted by Crippen LogP contribution is 2.20. The van der Waals surface area contributed by atoms with Gasteiger partial charge in [-0.3, -0.25) is 4.79 Å². The molecule has 23 heavy (non-hydrogen) atoms. The van der Waals surface area contributed by atoms with Crippen molar-refractivity contribution >= 4 is 23.5 Å². The Kier molecular flexibility index (Phi) is 6.71. The molecule has 0 spiro atoms. The van der Waals surface area contributed by atoms with Crippen molar-refractivity contribution in [2.75, 3.05) is 26.3 Å². The lowest BCUT2D eigenvalue weighted by molar-refractivity contribution is -0.153. The average Bonchev–Trinajstić information content (AvgIpc) is 2.83. The molecule has 1 aliphatic rings. The molecule has 126 valence electrons. The number of rotatable bonds is 5. The number of benzene rings is 1. The number of halogens is 1. The zero-order valence-electron chi connectivity index (χ0n) is 13.3. The molecule has 6 heteroatoms. The van der Waals surface area contributed by atoms with E-state index in [1.54, 1.807) is 23.1 Å². The van der Waals surface area contributed by atoms with Crippen LogP contribution >= 0.6 is 11.6 Å². The number of hydrogen-bond donors (Lipinski definition) is 0. The summed E-state index contributed by atoms with van der Waals surface area (Å²) in [5.74, 6) is -0.147. The molecule has 0 radical (unpaired) electrons. The number of aryl methyl sites for hydroxylation is 1. The third-order valence-electron chi connectivity index (χ3n) is 3.80. The minimum absolute atomic E-state index is 0.136. The van der Waals surface area contributed by atoms with Crippen LogP contribution in [0.4, 0.5) is 0 Å². The number of carbonyl (C=O) groups excluding carboxylic acids is 2. The molecule has 1 heterocycles. The normalized spacial score (nSPS) is 15.0. The number of nitrogens with zero attached hydrogens (tertiary/aromatic N) is 1. The van der Waals surface area contributed by atoms with Gasteiger partial charge in [0, 0.05) is 18.1 Å². The van der Waals surface area contributed by atoms with E-state index < -0.39 is 5.97 Å². The monoisotopic (exact) mass is 339 g/mol. The second kappa shape index (κ2) is 8.77. The zero-order valence-corrected chi connectivity index (χ0v) is 14.1. The summed E-state index contributed by atoms with van der Waals surface area (Å²) >= 11 is 5.92. The standard InChI is InChI=1S/C17H22ClNO4/c1-13-10-14(6-7-15(13)18)22-12-17(21)23-11-16(20)19-8-4-2-3-5-9-19/h6-7,10H,2-5,8-9,11-12H2,1H3. The Morgan fingerprint density at radius 1 is 1.13 bits per heavy atom. The third kappa shape index (κ3) is 5.75. The van der Waals surface area contributed by atoms with Gasteiger partial charge in [-0.2, -0.15) is 0 Å². The van der Waals surface area contributed by atoms with Crippen molar-refractivity contribution in [2.45, 2.75) is 32.6 Å². The van der Waals surface area contributed by atoms with Crippen LogP contribution in [-0.4, -0.2) is 43.1 Å². The van der Waals surface area contributed by atoms with Crippen molar-refractivity contribution in [3.05, 3.63) is 28.8 Å². The summed E-state index contributed by atoms with van der Waals surface area (Å²) in [6.45, 7) is 2.90. The van der Waals surface area contributed by atoms with Crippen molar-refractivity contribution in [2.24, 2.45) is 0 Å². The third-order valence-corrected chi connectivity index (χ3v) is 4.23. The van der Waals surface area contributed by atoms with E-state index in [1.807, 2.05) is 6.92 Å². The van der Waals surface area contributed by atoms with E-state index in [0.717, 1.165) is 44.3 Å². The van der Waals surface area contributed by atoms with Gasteiger partial charge in [0.05, 0.1) is 0 Å². The minimum atomic E-state index is -0.555. The molecule has 0 aliphatic carbocycles. The van der Waals surface area contributed by atoms with Crippen molar-refractivity contribution in [3.8, 4) is 5.75 Å². The molecule has 1 aliphatic heterocycles. The molecule has 5 nitrogen and oxygen atoms in total. The lowest BCUT2D eigenvalue weighted by atomic mass is 10.2. The topological polar surface area (TPSA) is 55.8 Å². The number of hydrogen-bond acceptors (Lipinski definition) is 4. The van der Waals surface area contributed by atoms with E-state index in [2.05, 4.69) is 0 Å². The maximum atomic E-state index is 12.0. The molecule has 1 saturated heterocycles. The van der Waals surface area contributed by atoms with Crippen LogP contribution in [0.25, 0.3) is 0 Å². The number of ether oxygens (including phenoxy) is 2. The first kappa shape index (κ1) is 17.6. The van der Waals surface area contributed by atoms with Crippen LogP contribution in [0, 0.1) is 6.92 Å². The molecule has 1 fully saturated rings. The van der Waals surface area contributed by atoms with Crippen LogP contribution < -0.4 is 4.74 Å². The average molecular weight is 340 g/mol. The van der Waals surface area contributed by atoms with Crippen LogP contribution in [0.3, 0.4) is 0 Å². The molecule has 0 saturated carbocycles. The fourth-order valence-corrected chi connectivity index (χ4v) is 2.56. The van der Waals surface area contributed by atoms with Gasteiger partial charge in [0.1, 0.15) is 5.75 Å². The number of esters is 1. The van der Waals surface area contributed by atoms with Crippen molar-refractivity contribution < 1.29 is 19.1 Å². The molecule has 0 bridgehead atoms. The maximum Gasteiger partial charge on any atom is 0.344 e. The van der Waals surface area contributed by atoms with Crippen molar-refractivity contribution in [1.29, 1.82) is 0 Å². The number of amides is 1. The van der Waals surface area contributed by atoms with E-state index >= 15 is 0 Å². The quantitative estimate of drug-likeness (QED) is 0.774. The minimum Gasteiger partial charge on any atom is -0.482 e. The molecule has 0 unspecified atom stereocenters. The van der Waals surface area contributed by atoms with Gasteiger partial charge >= 0.3 is 5.97 Å². The predicted octanol–water partition coefficient (Wildman–Crippen LogP) is 2.97. The van der Waals surface area contributed by atoms with Crippen LogP contribution in [0.1, 0.15) is 31.2 Å². The molecule has 1 aromatic carbocycles. The Bertz CT molecular complexity index is 554. The van der Waals surface area contributed by atoms with E-state index in [0.29, 0.717) is 10.8 Å². The first-order valence-electron chi connectivity index (χ1n) is 7.88. The Morgan fingerprint density at radius 2 is 1.83 bits per heavy atom. The highest BCUT2D eigenvalue weighted by atomic mass is 35.5. The molecule has 1 amide bonds. The van der Waals surface area contributed by atoms with Crippen LogP contribution in [0.2, 0.25) is 5.02 Å². The van der Waals surface area contributed by atoms with Gasteiger partial charge in [0.2, 0.25) is 0 Å². The largest absolute Gasteiger partial charge is 0.482 e. The molecule has 0 aromatic heterocycles. The van der Waals surface area contributed by atoms with E-state index in [-0.39, 0.29) is 19.1 Å². The summed E-state index contributed by atoms with van der Waals surface area (Å²) in [6, 6.07) is 5.14. The Labute approximate surface area is 141 Å². The number of carbonyl (C=O) groups is 2. The van der Waals surface area contributed by atoms with Gasteiger partial charge in [0.15, 0.2) is 13.2 Å². The van der Waals surface area contributed by atoms with Gasteiger partial charge in [-0.1, -0.05) is 24.4 Å². The molecule has 0 atom stereocenters. The summed E-state index contributed by atoms with van der Waals surface area (Å²) in [5.41, 5.74) is 0.869. The van der Waals surface area contributed by atoms with Crippen LogP contribution in [-0.2, 0) is 14.3 Å². The van der Waals surface area contributed by atoms with Gasteiger partial charge in [-0.05, 0) is 43.5 Å². The van der Waals surface area contributed by atoms with Crippen LogP contribution in [0.5, 0.6) is 5.75 Å². The fraction of sp³-hybridized carbons (Fsp3) is 0.529. The first-order valence-corrected chi connectivity index (χ1v) is 8.26. The van der Waals surface area contributed by atoms with Crippen molar-refractivity contribution in [1.82, 2.24) is 4.90 Å². The van der Waals surface area contributed by atoms with E-state index in [9.17, 15) is 9.59 Å². The van der Waals surface area contributed by atoms with E-state index in [1.165, 1.54) is 0 Å². The zero-order chi connectivity index (χ0) is 16.7. The SMILES string of the molecule is Cc1cc(OCC(=O)OCC(=O)N2CCCCCC2)ccc1Cl. The molecule has 2 rings (SSSR count).